The Morgan fingerprint density at radius 2 is 2.44 bits per heavy atom. The molecule has 0 heterocycles. The molecule has 0 aliphatic heterocycles. The maximum absolute atomic E-state index is 10.3. The third kappa shape index (κ3) is 9.07. The second-order valence-electron chi connectivity index (χ2n) is 3.35. The molecule has 0 aliphatic carbocycles. The molecule has 0 fully saturated rings. The molecule has 8 heteroatoms. The number of hydrogen-bond donors (Lipinski definition) is 2. The maximum Gasteiger partial charge on any atom is 0.404 e. The monoisotopic (exact) mass is 231 g/mol. The highest BCUT2D eigenvalue weighted by Gasteiger charge is 2.09. The second kappa shape index (κ2) is 8.78. The molecule has 0 saturated carbocycles. The molecule has 0 aromatic carbocycles. The van der Waals surface area contributed by atoms with Crippen LogP contribution in [0.5, 0.6) is 0 Å². The molecule has 1 amide bonds. The van der Waals surface area contributed by atoms with E-state index >= 15 is 0 Å². The number of aliphatic hydroxyl groups excluding tert-OH is 1. The predicted octanol–water partition coefficient (Wildman–Crippen LogP) is 0.0748. The summed E-state index contributed by atoms with van der Waals surface area (Å²) in [5.41, 5.74) is 12.8. The highest BCUT2D eigenvalue weighted by molar-refractivity contribution is 5.64. The molecule has 0 spiro atoms. The first-order valence-corrected chi connectivity index (χ1v) is 4.86. The number of nitrogens with zero attached hydrogens (tertiary/aromatic N) is 4. The number of nitrogens with two attached hydrogens (primary N) is 1. The topological polar surface area (TPSA) is 125 Å². The number of primary amides is 1. The van der Waals surface area contributed by atoms with Crippen LogP contribution in [0.25, 0.3) is 10.4 Å². The van der Waals surface area contributed by atoms with Crippen molar-refractivity contribution >= 4 is 6.09 Å². The summed E-state index contributed by atoms with van der Waals surface area (Å²) in [6.45, 7) is 1.36. The van der Waals surface area contributed by atoms with Crippen molar-refractivity contribution in [2.24, 2.45) is 10.8 Å². The Morgan fingerprint density at radius 1 is 1.75 bits per heavy atom. The van der Waals surface area contributed by atoms with Gasteiger partial charge < -0.3 is 20.5 Å². The number of azide groups is 1. The maximum atomic E-state index is 10.3. The number of hydrogen-bond acceptors (Lipinski definition) is 5. The van der Waals surface area contributed by atoms with Crippen LogP contribution in [-0.2, 0) is 4.74 Å². The number of rotatable bonds is 8. The van der Waals surface area contributed by atoms with Gasteiger partial charge in [-0.05, 0) is 25.5 Å². The van der Waals surface area contributed by atoms with Crippen molar-refractivity contribution in [3.63, 3.8) is 0 Å². The molecule has 1 atom stereocenters. The standard InChI is InChI=1S/C8H17N5O3/c1-13(4-2-3-11-12-10)5-7(14)6-16-8(9)15/h7,14H,2-6H2,1H3,(H2,9,15)/t7-/m0/s1. The average molecular weight is 231 g/mol. The van der Waals surface area contributed by atoms with E-state index in [4.69, 9.17) is 11.3 Å². The molecule has 8 nitrogen and oxygen atoms in total. The van der Waals surface area contributed by atoms with Crippen molar-refractivity contribution in [3.05, 3.63) is 10.4 Å². The lowest BCUT2D eigenvalue weighted by Gasteiger charge is -2.19. The molecule has 0 unspecified atom stereocenters. The summed E-state index contributed by atoms with van der Waals surface area (Å²) in [5.74, 6) is 0. The SMILES string of the molecule is CN(CCCN=[N+]=[N-])C[C@H](O)COC(N)=O. The molecule has 0 bridgehead atoms. The lowest BCUT2D eigenvalue weighted by molar-refractivity contribution is 0.0523. The molecule has 0 radical (unpaired) electrons. The minimum absolute atomic E-state index is 0.115. The third-order valence-electron chi connectivity index (χ3n) is 1.80. The van der Waals surface area contributed by atoms with Gasteiger partial charge in [-0.15, -0.1) is 0 Å². The van der Waals surface area contributed by atoms with Gasteiger partial charge in [-0.2, -0.15) is 0 Å². The first-order chi connectivity index (χ1) is 7.56. The first-order valence-electron chi connectivity index (χ1n) is 4.86. The van der Waals surface area contributed by atoms with Crippen LogP contribution >= 0.6 is 0 Å². The molecular formula is C8H17N5O3. The van der Waals surface area contributed by atoms with Gasteiger partial charge in [-0.1, -0.05) is 5.11 Å². The van der Waals surface area contributed by atoms with Gasteiger partial charge in [0.2, 0.25) is 0 Å². The zero-order valence-electron chi connectivity index (χ0n) is 9.24. The van der Waals surface area contributed by atoms with E-state index in [0.717, 1.165) is 0 Å². The van der Waals surface area contributed by atoms with Gasteiger partial charge in [0, 0.05) is 18.0 Å². The van der Waals surface area contributed by atoms with Crippen LogP contribution in [0.3, 0.4) is 0 Å². The molecule has 0 aromatic heterocycles. The van der Waals surface area contributed by atoms with E-state index < -0.39 is 12.2 Å². The normalized spacial score (nSPS) is 11.9. The Labute approximate surface area is 93.6 Å². The van der Waals surface area contributed by atoms with Crippen LogP contribution in [-0.4, -0.2) is 55.5 Å². The largest absolute Gasteiger partial charge is 0.447 e. The smallest absolute Gasteiger partial charge is 0.404 e. The molecule has 16 heavy (non-hydrogen) atoms. The van der Waals surface area contributed by atoms with Crippen LogP contribution in [0.2, 0.25) is 0 Å². The first kappa shape index (κ1) is 14.5. The van der Waals surface area contributed by atoms with E-state index in [1.54, 1.807) is 0 Å². The molecule has 3 N–H and O–H groups in total. The van der Waals surface area contributed by atoms with E-state index in [-0.39, 0.29) is 6.61 Å². The molecule has 0 saturated heterocycles. The van der Waals surface area contributed by atoms with Gasteiger partial charge in [-0.3, -0.25) is 0 Å². The van der Waals surface area contributed by atoms with Crippen LogP contribution < -0.4 is 5.73 Å². The predicted molar refractivity (Wildman–Crippen MR) is 57.7 cm³/mol. The van der Waals surface area contributed by atoms with Crippen molar-refractivity contribution in [3.8, 4) is 0 Å². The van der Waals surface area contributed by atoms with Gasteiger partial charge in [0.05, 0.1) is 0 Å². The van der Waals surface area contributed by atoms with Gasteiger partial charge >= 0.3 is 6.09 Å². The Kier molecular flexibility index (Phi) is 7.96. The van der Waals surface area contributed by atoms with Crippen LogP contribution in [0, 0.1) is 0 Å². The highest BCUT2D eigenvalue weighted by Crippen LogP contribution is 1.93. The van der Waals surface area contributed by atoms with Crippen LogP contribution in [0.15, 0.2) is 5.11 Å². The number of carbonyl (C=O) groups is 1. The van der Waals surface area contributed by atoms with Gasteiger partial charge in [0.15, 0.2) is 0 Å². The molecule has 0 aromatic rings. The molecule has 92 valence electrons. The summed E-state index contributed by atoms with van der Waals surface area (Å²) in [4.78, 5) is 14.7. The summed E-state index contributed by atoms with van der Waals surface area (Å²) in [5, 5.41) is 12.8. The number of ether oxygens (including phenoxy) is 1. The minimum atomic E-state index is -0.898. The molecular weight excluding hydrogens is 214 g/mol. The fourth-order valence-corrected chi connectivity index (χ4v) is 1.14. The van der Waals surface area contributed by atoms with E-state index in [0.29, 0.717) is 26.1 Å². The Hall–Kier alpha value is -1.50. The number of aliphatic hydroxyl groups is 1. The third-order valence-corrected chi connectivity index (χ3v) is 1.80. The summed E-state index contributed by atoms with van der Waals surface area (Å²) >= 11 is 0. The van der Waals surface area contributed by atoms with E-state index in [2.05, 4.69) is 14.8 Å². The zero-order valence-corrected chi connectivity index (χ0v) is 9.24. The number of carbonyl (C=O) groups excluding carboxylic acids is 1. The van der Waals surface area contributed by atoms with Crippen molar-refractivity contribution < 1.29 is 14.6 Å². The van der Waals surface area contributed by atoms with E-state index in [1.807, 2.05) is 11.9 Å². The number of likely N-dealkylation sites (N-methyl/N-ethyl adjacent to an activating group) is 1. The van der Waals surface area contributed by atoms with Crippen molar-refractivity contribution in [2.45, 2.75) is 12.5 Å². The van der Waals surface area contributed by atoms with Crippen molar-refractivity contribution in [1.82, 2.24) is 4.90 Å². The summed E-state index contributed by atoms with van der Waals surface area (Å²) < 4.78 is 4.44. The Morgan fingerprint density at radius 3 is 3.00 bits per heavy atom. The fourth-order valence-electron chi connectivity index (χ4n) is 1.14. The fraction of sp³-hybridized carbons (Fsp3) is 0.875. The quantitative estimate of drug-likeness (QED) is 0.265. The van der Waals surface area contributed by atoms with Gasteiger partial charge in [0.25, 0.3) is 0 Å². The van der Waals surface area contributed by atoms with Crippen molar-refractivity contribution in [2.75, 3.05) is 33.3 Å². The highest BCUT2D eigenvalue weighted by atomic mass is 16.6. The summed E-state index contributed by atoms with van der Waals surface area (Å²) in [6, 6.07) is 0. The van der Waals surface area contributed by atoms with Gasteiger partial charge in [-0.25, -0.2) is 4.79 Å². The second-order valence-corrected chi connectivity index (χ2v) is 3.35. The van der Waals surface area contributed by atoms with E-state index in [9.17, 15) is 9.90 Å². The van der Waals surface area contributed by atoms with Crippen LogP contribution in [0.1, 0.15) is 6.42 Å². The molecule has 0 aliphatic rings. The molecule has 0 rings (SSSR count). The minimum Gasteiger partial charge on any atom is -0.447 e. The van der Waals surface area contributed by atoms with Crippen molar-refractivity contribution in [1.29, 1.82) is 0 Å². The average Bonchev–Trinajstić information content (AvgIpc) is 2.21. The van der Waals surface area contributed by atoms with Crippen LogP contribution in [0.4, 0.5) is 4.79 Å². The lowest BCUT2D eigenvalue weighted by atomic mass is 10.3. The Bertz CT molecular complexity index is 254. The van der Waals surface area contributed by atoms with Gasteiger partial charge in [0.1, 0.15) is 12.7 Å². The Balaban J connectivity index is 3.56. The van der Waals surface area contributed by atoms with E-state index in [1.165, 1.54) is 0 Å². The summed E-state index contributed by atoms with van der Waals surface area (Å²) in [6.07, 6.45) is -0.953. The number of amides is 1. The zero-order chi connectivity index (χ0) is 12.4. The summed E-state index contributed by atoms with van der Waals surface area (Å²) in [7, 11) is 1.81. The lowest BCUT2D eigenvalue weighted by Crippen LogP contribution is -2.34.